The number of fused-ring (bicyclic) bond motifs is 6. The highest BCUT2D eigenvalue weighted by molar-refractivity contribution is 8.76. The van der Waals surface area contributed by atoms with Crippen LogP contribution < -0.4 is 48.1 Å². The monoisotopic (exact) mass is 1990 g/mol. The number of amides is 6. The maximum absolute atomic E-state index is 13.8. The van der Waals surface area contributed by atoms with Crippen molar-refractivity contribution in [2.24, 2.45) is 54.4 Å². The lowest BCUT2D eigenvalue weighted by Gasteiger charge is -2.54. The second kappa shape index (κ2) is 48.2. The summed E-state index contributed by atoms with van der Waals surface area (Å²) in [5, 5.41) is 66.2. The Morgan fingerprint density at radius 3 is 2.15 bits per heavy atom. The highest BCUT2D eigenvalue weighted by Gasteiger charge is 2.67. The number of aromatic nitrogens is 7. The second-order valence-corrected chi connectivity index (χ2v) is 43.5. The first-order chi connectivity index (χ1) is 65.7. The summed E-state index contributed by atoms with van der Waals surface area (Å²) in [5.74, 6) is -6.27. The fraction of sp³-hybridized carbons (Fsp3) is 0.643. The van der Waals surface area contributed by atoms with Gasteiger partial charge in [0.1, 0.15) is 23.6 Å². The molecule has 0 bridgehead atoms. The molecule has 6 amide bonds. The van der Waals surface area contributed by atoms with Crippen LogP contribution >= 0.6 is 45.1 Å². The number of H-pyrrole nitrogens is 1. The summed E-state index contributed by atoms with van der Waals surface area (Å²) in [6.45, 7) is 22.8. The van der Waals surface area contributed by atoms with E-state index in [-0.39, 0.29) is 195 Å². The first-order valence-electron chi connectivity index (χ1n) is 48.0. The number of aliphatic hydroxyl groups is 2. The third-order valence-corrected chi connectivity index (χ3v) is 32.4. The number of thioether (sulfide) groups is 2. The predicted molar refractivity (Wildman–Crippen MR) is 530 cm³/mol. The number of methoxy groups -OCH3 is 1. The molecule has 6 saturated heterocycles. The molecule has 13 rings (SSSR count). The zero-order chi connectivity index (χ0) is 99.7. The molecule has 756 valence electrons. The van der Waals surface area contributed by atoms with Crippen LogP contribution in [0.2, 0.25) is 0 Å². The molecule has 13 N–H and O–H groups in total. The van der Waals surface area contributed by atoms with E-state index >= 15 is 0 Å². The molecular weight excluding hydrogens is 1850 g/mol. The van der Waals surface area contributed by atoms with Crippen molar-refractivity contribution in [2.45, 2.75) is 275 Å². The third-order valence-electron chi connectivity index (χ3n) is 28.7. The molecule has 7 aliphatic heterocycles. The highest BCUT2D eigenvalue weighted by atomic mass is 33.1. The second-order valence-electron chi connectivity index (χ2n) is 38.9. The maximum atomic E-state index is 13.8. The summed E-state index contributed by atoms with van der Waals surface area (Å²) in [5.41, 5.74) is 9.52. The van der Waals surface area contributed by atoms with Crippen molar-refractivity contribution in [3.8, 4) is 22.5 Å². The summed E-state index contributed by atoms with van der Waals surface area (Å²) in [6.07, 6.45) is 11.2. The van der Waals surface area contributed by atoms with E-state index in [1.807, 2.05) is 76.5 Å². The Balaban J connectivity index is 0.000000265. The van der Waals surface area contributed by atoms with E-state index in [2.05, 4.69) is 124 Å². The molecule has 0 radical (unpaired) electrons. The van der Waals surface area contributed by atoms with Crippen molar-refractivity contribution in [3.05, 3.63) is 106 Å². The van der Waals surface area contributed by atoms with E-state index in [0.717, 1.165) is 91.6 Å². The zero-order valence-corrected chi connectivity index (χ0v) is 84.7. The molecule has 7 aliphatic rings. The van der Waals surface area contributed by atoms with Crippen LogP contribution in [0.1, 0.15) is 200 Å². The summed E-state index contributed by atoms with van der Waals surface area (Å²) in [6, 6.07) is 18.7. The van der Waals surface area contributed by atoms with Gasteiger partial charge in [-0.05, 0) is 151 Å². The largest absolute Gasteiger partial charge is 0.480 e. The number of nitrogens with two attached hydrogens (primary N) is 1. The Bertz CT molecular complexity index is 5300. The van der Waals surface area contributed by atoms with Crippen LogP contribution in [0.3, 0.4) is 0 Å². The van der Waals surface area contributed by atoms with E-state index in [1.165, 1.54) is 51.7 Å². The normalized spacial score (nSPS) is 28.6. The number of nitrogens with zero attached hydrogens (tertiary/aromatic N) is 7. The van der Waals surface area contributed by atoms with Gasteiger partial charge in [0.15, 0.2) is 22.7 Å². The first kappa shape index (κ1) is 108. The van der Waals surface area contributed by atoms with Crippen LogP contribution in [-0.4, -0.2) is 261 Å². The Labute approximate surface area is 822 Å². The van der Waals surface area contributed by atoms with Crippen LogP contribution in [-0.2, 0) is 91.7 Å². The molecule has 36 nitrogen and oxygen atoms in total. The standard InChI is InChI=1S/C54H62N14O11S3.C44H77NO10S/c1-67-47-38-11-5-6-12-41(38)68(29-33-8-3-4-10-37(33)45(47)65-66-67)44(72)20-19-42(70)57-23-25-82-81-24-21-43(71)56-22-7-9-32(50(74)62-40(30-80-2)53(78)79)26-36(69)17-18-39(52(76)77)61-49(73)31-13-15-34(16-14-31)58-27-35-28-59-48-46(60-35)51(75)64-54(55)63-48;1-25-13-14-32(50-36(25)30(6)39(47)45-17-18-56-12)21-33-23-41(9,49-11)31(7)44(52-33)29(5)22-42(10,55-44)35-15-16-40(8,53-35)38-27(3)20-34(51-38)37-26(2)19-28(4)43(48,24-46)54-37/h3-6,8,10-16,28,32,39-40,58H,7,9,17-27,29-30H2,1-2H3,(H,56,71)(H,57,70)(H,61,73)(H,62,74)(H,76,77)(H,78,79)(H3,55,59,63,64,75);25-38,46,48H,13-24H2,1-12H3,(H,45,47)/t32?,39-,40-;25-,26-,27-,28+,29+,30+,31+,32+,33+,34+,35?,36?,37+,38+,40-,41+,42+,43-,44+/m00/s1. The summed E-state index contributed by atoms with van der Waals surface area (Å²) >= 11 is 2.94. The average molecular weight is 1990 g/mol. The van der Waals surface area contributed by atoms with Gasteiger partial charge < -0.3 is 96.1 Å². The third kappa shape index (κ3) is 26.3. The molecule has 3 aromatic heterocycles. The van der Waals surface area contributed by atoms with E-state index in [0.29, 0.717) is 54.1 Å². The van der Waals surface area contributed by atoms with Gasteiger partial charge in [-0.3, -0.25) is 43.3 Å². The number of Topliss-reactive ketones (excluding diaryl/α,β-unsaturated/α-hetero) is 1. The Morgan fingerprint density at radius 1 is 0.717 bits per heavy atom. The molecule has 40 heteroatoms. The number of carbonyl (C=O) groups excluding carboxylic acids is 7. The number of benzene rings is 3. The number of para-hydroxylation sites is 1. The molecule has 6 fully saturated rings. The van der Waals surface area contributed by atoms with Crippen LogP contribution in [0.15, 0.2) is 83.8 Å². The molecule has 0 saturated carbocycles. The van der Waals surface area contributed by atoms with Crippen LogP contribution in [0.4, 0.5) is 17.3 Å². The molecule has 6 aromatic rings. The van der Waals surface area contributed by atoms with Crippen molar-refractivity contribution in [1.82, 2.24) is 61.5 Å². The minimum Gasteiger partial charge on any atom is -0.480 e. The number of hydrogen-bond acceptors (Lipinski definition) is 30. The van der Waals surface area contributed by atoms with Gasteiger partial charge in [-0.2, -0.15) is 28.5 Å². The van der Waals surface area contributed by atoms with Gasteiger partial charge in [0, 0.05) is 148 Å². The number of ether oxygens (including phenoxy) is 7. The Kier molecular flexibility index (Phi) is 37.7. The Morgan fingerprint density at radius 2 is 1.43 bits per heavy atom. The van der Waals surface area contributed by atoms with Gasteiger partial charge in [0.25, 0.3) is 11.5 Å². The van der Waals surface area contributed by atoms with Crippen molar-refractivity contribution in [3.63, 3.8) is 0 Å². The Hall–Kier alpha value is -8.91. The van der Waals surface area contributed by atoms with Crippen LogP contribution in [0.5, 0.6) is 0 Å². The lowest BCUT2D eigenvalue weighted by molar-refractivity contribution is -0.367. The number of anilines is 3. The molecule has 3 aromatic carbocycles. The maximum Gasteiger partial charge on any atom is 0.327 e. The van der Waals surface area contributed by atoms with Crippen molar-refractivity contribution < 1.29 is 96.7 Å². The van der Waals surface area contributed by atoms with Crippen LogP contribution in [0, 0.1) is 47.3 Å². The number of carbonyl (C=O) groups is 9. The SMILES string of the molecule is CO[C@]1(C)C[C@@H](C[C@H]2CC[C@H](C)C([C@@H](C)C(=O)NCCSC)O2)O[C@]2(O[C@@](C)(C3CC[C@@](C)([C@@H]4O[C@@H]([C@@H]5O[C@@](O)(CO)[C@H](C)C[C@@H]5C)C[C@@H]4C)O3)C[C@H]2C)[C@@H]1C.CSC[C@H](NC(=O)C(CCCNC(=O)CCSSCCNC(=O)CCC(=O)N1Cc2ccccc2-c2nnn(C)c2-c2ccccc21)CC(=O)CC[C@H](NC(=O)c1ccc(NCc2cnc3nc(N)[nH]c(=O)c3n2)cc1)C(=O)O)C(=O)O. The van der Waals surface area contributed by atoms with Gasteiger partial charge in [0.2, 0.25) is 35.5 Å². The van der Waals surface area contributed by atoms with Gasteiger partial charge in [0.05, 0.1) is 108 Å². The van der Waals surface area contributed by atoms with E-state index in [4.69, 9.17) is 38.9 Å². The molecule has 1 spiro atoms. The van der Waals surface area contributed by atoms with Crippen molar-refractivity contribution >= 4 is 127 Å². The fourth-order valence-corrected chi connectivity index (χ4v) is 23.6. The smallest absolute Gasteiger partial charge is 0.327 e. The topological polar surface area (TPSA) is 503 Å². The van der Waals surface area contributed by atoms with Crippen molar-refractivity contribution in [1.29, 1.82) is 0 Å². The summed E-state index contributed by atoms with van der Waals surface area (Å²) < 4.78 is 49.7. The van der Waals surface area contributed by atoms with E-state index in [1.54, 1.807) is 39.7 Å². The number of hydrogen-bond donors (Lipinski definition) is 12. The number of aliphatic carboxylic acids is 2. The molecule has 0 aliphatic carbocycles. The minimum atomic E-state index is -1.55. The number of aromatic amines is 1. The van der Waals surface area contributed by atoms with E-state index < -0.39 is 88.1 Å². The lowest BCUT2D eigenvalue weighted by Crippen LogP contribution is -2.62. The van der Waals surface area contributed by atoms with Gasteiger partial charge in [-0.1, -0.05) is 118 Å². The van der Waals surface area contributed by atoms with E-state index in [9.17, 15) is 68.4 Å². The van der Waals surface area contributed by atoms with Gasteiger partial charge in [-0.15, -0.1) is 5.10 Å². The quantitative estimate of drug-likeness (QED) is 0.0125. The zero-order valence-electron chi connectivity index (χ0n) is 81.5. The van der Waals surface area contributed by atoms with Crippen molar-refractivity contribution in [2.75, 3.05) is 84.8 Å². The molecule has 10 heterocycles. The summed E-state index contributed by atoms with van der Waals surface area (Å²) in [4.78, 5) is 145. The number of ketones is 1. The van der Waals surface area contributed by atoms with Gasteiger partial charge >= 0.3 is 11.9 Å². The minimum absolute atomic E-state index is 0.000898. The highest BCUT2D eigenvalue weighted by Crippen LogP contribution is 2.59. The number of carboxylic acids is 2. The molecular formula is C98H139N15O21S4. The number of nitrogen functional groups attached to an aromatic ring is 1. The molecule has 3 unspecified atom stereocenters. The fourth-order valence-electron chi connectivity index (χ4n) is 20.8. The first-order valence-corrected chi connectivity index (χ1v) is 53.3. The molecule has 22 atom stereocenters. The molecule has 138 heavy (non-hydrogen) atoms. The number of carboxylic acid groups (broad SMARTS) is 2. The number of aryl methyl sites for hydroxylation is 1. The lowest BCUT2D eigenvalue weighted by atomic mass is 9.72. The van der Waals surface area contributed by atoms with Crippen LogP contribution in [0.25, 0.3) is 33.7 Å². The number of aliphatic hydroxyl groups excluding tert-OH is 1. The summed E-state index contributed by atoms with van der Waals surface area (Å²) in [7, 11) is 6.55. The van der Waals surface area contributed by atoms with Gasteiger partial charge in [-0.25, -0.2) is 24.2 Å². The number of rotatable bonds is 42. The number of nitrogens with one attached hydrogen (secondary N) is 7. The predicted octanol–water partition coefficient (Wildman–Crippen LogP) is 10.4. The average Bonchev–Trinajstić information content (AvgIpc) is 1.55.